The molecule has 0 bridgehead atoms. The molecule has 4 N–H and O–H groups in total. The molecule has 30 heavy (non-hydrogen) atoms. The summed E-state index contributed by atoms with van der Waals surface area (Å²) in [5.74, 6) is -0.338. The Morgan fingerprint density at radius 1 is 0.967 bits per heavy atom. The van der Waals surface area contributed by atoms with E-state index in [1.165, 1.54) is 6.42 Å². The minimum absolute atomic E-state index is 0.0731. The molecule has 1 saturated heterocycles. The first-order valence-electron chi connectivity index (χ1n) is 10.6. The maximum atomic E-state index is 12.7. The van der Waals surface area contributed by atoms with Crippen LogP contribution in [0.1, 0.15) is 60.5 Å². The number of anilines is 1. The number of carbonyl (C=O) groups is 2. The summed E-state index contributed by atoms with van der Waals surface area (Å²) in [6, 6.07) is 14.9. The second kappa shape index (κ2) is 9.60. The molecular formula is C23H27ClN4O2. The van der Waals surface area contributed by atoms with Gasteiger partial charge in [-0.15, -0.1) is 0 Å². The first kappa shape index (κ1) is 20.8. The number of benzene rings is 2. The normalized spacial score (nSPS) is 21.9. The van der Waals surface area contributed by atoms with Gasteiger partial charge >= 0.3 is 0 Å². The molecule has 1 aliphatic carbocycles. The first-order chi connectivity index (χ1) is 14.6. The molecule has 1 saturated carbocycles. The lowest BCUT2D eigenvalue weighted by molar-refractivity contribution is -0.117. The Kier molecular flexibility index (Phi) is 6.67. The monoisotopic (exact) mass is 426 g/mol. The number of nitrogens with one attached hydrogen (secondary N) is 4. The maximum absolute atomic E-state index is 12.7. The van der Waals surface area contributed by atoms with Gasteiger partial charge in [0.2, 0.25) is 5.91 Å². The lowest BCUT2D eigenvalue weighted by Gasteiger charge is -2.23. The Balaban J connectivity index is 1.38. The van der Waals surface area contributed by atoms with Crippen molar-refractivity contribution in [2.45, 2.75) is 56.7 Å². The molecule has 158 valence electrons. The van der Waals surface area contributed by atoms with E-state index in [2.05, 4.69) is 21.5 Å². The SMILES string of the molecule is O=C(NC1CCCCC1)c1cc(NC(=O)C2CC(c3ccccc3)NN2)ccc1Cl. The molecule has 6 nitrogen and oxygen atoms in total. The fraction of sp³-hybridized carbons (Fsp3) is 0.391. The second-order valence-corrected chi connectivity index (χ2v) is 8.44. The van der Waals surface area contributed by atoms with Crippen molar-refractivity contribution in [1.82, 2.24) is 16.2 Å². The van der Waals surface area contributed by atoms with E-state index in [0.717, 1.165) is 31.2 Å². The Hall–Kier alpha value is -2.41. The van der Waals surface area contributed by atoms with Gasteiger partial charge in [-0.2, -0.15) is 0 Å². The van der Waals surface area contributed by atoms with Crippen LogP contribution in [0.3, 0.4) is 0 Å². The number of halogens is 1. The molecular weight excluding hydrogens is 400 g/mol. The van der Waals surface area contributed by atoms with Crippen LogP contribution >= 0.6 is 11.6 Å². The van der Waals surface area contributed by atoms with Crippen LogP contribution in [0.4, 0.5) is 5.69 Å². The molecule has 0 aromatic heterocycles. The lowest BCUT2D eigenvalue weighted by Crippen LogP contribution is -2.39. The fourth-order valence-electron chi connectivity index (χ4n) is 4.15. The zero-order valence-electron chi connectivity index (χ0n) is 16.8. The number of rotatable bonds is 5. The van der Waals surface area contributed by atoms with Gasteiger partial charge in [0.05, 0.1) is 10.6 Å². The fourth-order valence-corrected chi connectivity index (χ4v) is 4.35. The predicted molar refractivity (Wildman–Crippen MR) is 118 cm³/mol. The minimum atomic E-state index is -0.370. The summed E-state index contributed by atoms with van der Waals surface area (Å²) in [4.78, 5) is 25.4. The van der Waals surface area contributed by atoms with Crippen molar-refractivity contribution < 1.29 is 9.59 Å². The number of hydrazine groups is 1. The summed E-state index contributed by atoms with van der Waals surface area (Å²) >= 11 is 6.26. The average Bonchev–Trinajstić information content (AvgIpc) is 3.27. The molecule has 7 heteroatoms. The van der Waals surface area contributed by atoms with Crippen molar-refractivity contribution in [2.75, 3.05) is 5.32 Å². The van der Waals surface area contributed by atoms with E-state index in [-0.39, 0.29) is 29.9 Å². The van der Waals surface area contributed by atoms with Gasteiger partial charge in [0.1, 0.15) is 6.04 Å². The molecule has 2 aromatic carbocycles. The van der Waals surface area contributed by atoms with E-state index in [9.17, 15) is 9.59 Å². The molecule has 2 unspecified atom stereocenters. The van der Waals surface area contributed by atoms with Crippen LogP contribution < -0.4 is 21.5 Å². The zero-order valence-corrected chi connectivity index (χ0v) is 17.5. The first-order valence-corrected chi connectivity index (χ1v) is 11.0. The maximum Gasteiger partial charge on any atom is 0.253 e. The van der Waals surface area contributed by atoms with Gasteiger partial charge in [-0.3, -0.25) is 9.59 Å². The van der Waals surface area contributed by atoms with Gasteiger partial charge in [0.15, 0.2) is 0 Å². The molecule has 2 aromatic rings. The minimum Gasteiger partial charge on any atom is -0.349 e. The molecule has 2 amide bonds. The van der Waals surface area contributed by atoms with E-state index >= 15 is 0 Å². The largest absolute Gasteiger partial charge is 0.349 e. The van der Waals surface area contributed by atoms with E-state index in [1.807, 2.05) is 30.3 Å². The standard InChI is InChI=1S/C23H27ClN4O2/c24-19-12-11-17(13-18(19)22(29)25-16-9-5-2-6-10-16)26-23(30)21-14-20(27-28-21)15-7-3-1-4-8-15/h1,3-4,7-8,11-13,16,20-21,27-28H,2,5-6,9-10,14H2,(H,25,29)(H,26,30). The van der Waals surface area contributed by atoms with E-state index in [4.69, 9.17) is 11.6 Å². The van der Waals surface area contributed by atoms with Crippen LogP contribution in [0, 0.1) is 0 Å². The van der Waals surface area contributed by atoms with Crippen molar-refractivity contribution in [3.8, 4) is 0 Å². The van der Waals surface area contributed by atoms with Crippen LogP contribution in [-0.2, 0) is 4.79 Å². The predicted octanol–water partition coefficient (Wildman–Crippen LogP) is 3.95. The van der Waals surface area contributed by atoms with Crippen molar-refractivity contribution in [2.24, 2.45) is 0 Å². The molecule has 1 aliphatic heterocycles. The molecule has 2 fully saturated rings. The average molecular weight is 427 g/mol. The van der Waals surface area contributed by atoms with E-state index < -0.39 is 0 Å². The van der Waals surface area contributed by atoms with Crippen LogP contribution in [0.25, 0.3) is 0 Å². The Labute approximate surface area is 181 Å². The highest BCUT2D eigenvalue weighted by Gasteiger charge is 2.30. The second-order valence-electron chi connectivity index (χ2n) is 8.03. The van der Waals surface area contributed by atoms with E-state index in [0.29, 0.717) is 22.7 Å². The van der Waals surface area contributed by atoms with Crippen LogP contribution in [-0.4, -0.2) is 23.9 Å². The Bertz CT molecular complexity index is 899. The van der Waals surface area contributed by atoms with Gasteiger partial charge in [0.25, 0.3) is 5.91 Å². The molecule has 1 heterocycles. The van der Waals surface area contributed by atoms with Crippen molar-refractivity contribution in [1.29, 1.82) is 0 Å². The van der Waals surface area contributed by atoms with Gasteiger partial charge in [-0.1, -0.05) is 61.2 Å². The molecule has 2 aliphatic rings. The van der Waals surface area contributed by atoms with Crippen molar-refractivity contribution in [3.05, 3.63) is 64.7 Å². The Morgan fingerprint density at radius 3 is 2.50 bits per heavy atom. The zero-order chi connectivity index (χ0) is 20.9. The highest BCUT2D eigenvalue weighted by molar-refractivity contribution is 6.34. The third kappa shape index (κ3) is 5.01. The Morgan fingerprint density at radius 2 is 1.73 bits per heavy atom. The summed E-state index contributed by atoms with van der Waals surface area (Å²) in [5.41, 5.74) is 8.32. The molecule has 0 radical (unpaired) electrons. The highest BCUT2D eigenvalue weighted by atomic mass is 35.5. The number of hydrogen-bond acceptors (Lipinski definition) is 4. The number of hydrogen-bond donors (Lipinski definition) is 4. The van der Waals surface area contributed by atoms with Crippen molar-refractivity contribution >= 4 is 29.1 Å². The smallest absolute Gasteiger partial charge is 0.253 e. The van der Waals surface area contributed by atoms with Crippen LogP contribution in [0.2, 0.25) is 5.02 Å². The number of carbonyl (C=O) groups excluding carboxylic acids is 2. The van der Waals surface area contributed by atoms with E-state index in [1.54, 1.807) is 18.2 Å². The third-order valence-electron chi connectivity index (χ3n) is 5.84. The van der Waals surface area contributed by atoms with Gasteiger partial charge in [-0.25, -0.2) is 10.9 Å². The van der Waals surface area contributed by atoms with Crippen LogP contribution in [0.5, 0.6) is 0 Å². The quantitative estimate of drug-likeness (QED) is 0.583. The summed E-state index contributed by atoms with van der Waals surface area (Å²) in [6.07, 6.45) is 6.15. The van der Waals surface area contributed by atoms with Crippen molar-refractivity contribution in [3.63, 3.8) is 0 Å². The van der Waals surface area contributed by atoms with Gasteiger partial charge < -0.3 is 10.6 Å². The highest BCUT2D eigenvalue weighted by Crippen LogP contribution is 2.25. The van der Waals surface area contributed by atoms with Gasteiger partial charge in [0, 0.05) is 17.8 Å². The summed E-state index contributed by atoms with van der Waals surface area (Å²) in [7, 11) is 0. The summed E-state index contributed by atoms with van der Waals surface area (Å²) in [6.45, 7) is 0. The summed E-state index contributed by atoms with van der Waals surface area (Å²) < 4.78 is 0. The number of amides is 2. The summed E-state index contributed by atoms with van der Waals surface area (Å²) in [5, 5.41) is 6.36. The molecule has 2 atom stereocenters. The molecule has 0 spiro atoms. The third-order valence-corrected chi connectivity index (χ3v) is 6.17. The van der Waals surface area contributed by atoms with Gasteiger partial charge in [-0.05, 0) is 43.0 Å². The van der Waals surface area contributed by atoms with Crippen LogP contribution in [0.15, 0.2) is 48.5 Å². The lowest BCUT2D eigenvalue weighted by atomic mass is 9.95. The topological polar surface area (TPSA) is 82.3 Å². The molecule has 4 rings (SSSR count).